The first-order valence-corrected chi connectivity index (χ1v) is 9.01. The fraction of sp³-hybridized carbons (Fsp3) is 0.333. The van der Waals surface area contributed by atoms with Crippen molar-refractivity contribution in [3.05, 3.63) is 46.5 Å². The lowest BCUT2D eigenvalue weighted by atomic mass is 9.55. The molecule has 3 atom stereocenters. The van der Waals surface area contributed by atoms with E-state index in [2.05, 4.69) is 18.2 Å². The molecule has 0 bridgehead atoms. The molecule has 0 radical (unpaired) electrons. The summed E-state index contributed by atoms with van der Waals surface area (Å²) in [5.74, 6) is 0.246. The molecule has 1 heterocycles. The van der Waals surface area contributed by atoms with Crippen molar-refractivity contribution in [2.24, 2.45) is 17.3 Å². The van der Waals surface area contributed by atoms with Gasteiger partial charge in [-0.2, -0.15) is 27.5 Å². The highest BCUT2D eigenvalue weighted by atomic mass is 35.5. The minimum atomic E-state index is -1.56. The Labute approximate surface area is 149 Å². The van der Waals surface area contributed by atoms with E-state index in [0.717, 1.165) is 22.6 Å². The van der Waals surface area contributed by atoms with Gasteiger partial charge in [0.25, 0.3) is 0 Å². The predicted molar refractivity (Wildman–Crippen MR) is 92.8 cm³/mol. The normalized spacial score (nSPS) is 27.8. The van der Waals surface area contributed by atoms with Crippen LogP contribution in [0.3, 0.4) is 0 Å². The predicted octanol–water partition coefficient (Wildman–Crippen LogP) is 2.10. The zero-order chi connectivity index (χ0) is 17.3. The molecule has 3 rings (SSSR count). The lowest BCUT2D eigenvalue weighted by molar-refractivity contribution is -0.128. The van der Waals surface area contributed by atoms with Crippen molar-refractivity contribution in [1.29, 1.82) is 15.8 Å². The van der Waals surface area contributed by atoms with Gasteiger partial charge in [-0.25, -0.2) is 0 Å². The topological polar surface area (TPSA) is 97.0 Å². The highest BCUT2D eigenvalue weighted by Crippen LogP contribution is 2.54. The molecule has 1 aromatic rings. The first-order chi connectivity index (χ1) is 11.6. The molecule has 0 saturated heterocycles. The van der Waals surface area contributed by atoms with Gasteiger partial charge >= 0.3 is 0 Å². The molecule has 0 spiro atoms. The molecule has 1 fully saturated rings. The van der Waals surface area contributed by atoms with Crippen molar-refractivity contribution in [2.45, 2.75) is 5.92 Å². The number of benzene rings is 1. The van der Waals surface area contributed by atoms with Crippen molar-refractivity contribution in [3.8, 4) is 18.2 Å². The lowest BCUT2D eigenvalue weighted by Gasteiger charge is -2.43. The van der Waals surface area contributed by atoms with Gasteiger partial charge in [0.05, 0.1) is 18.2 Å². The van der Waals surface area contributed by atoms with E-state index in [4.69, 9.17) is 17.0 Å². The van der Waals surface area contributed by atoms with Gasteiger partial charge in [0.15, 0.2) is 0 Å². The van der Waals surface area contributed by atoms with Crippen molar-refractivity contribution >= 4 is 29.1 Å². The third-order valence-corrected chi connectivity index (χ3v) is 6.19. The van der Waals surface area contributed by atoms with Gasteiger partial charge in [0, 0.05) is 28.4 Å². The van der Waals surface area contributed by atoms with E-state index in [0.29, 0.717) is 5.02 Å². The first-order valence-electron chi connectivity index (χ1n) is 7.47. The van der Waals surface area contributed by atoms with Crippen LogP contribution in [0.5, 0.6) is 0 Å². The van der Waals surface area contributed by atoms with Gasteiger partial charge in [0.1, 0.15) is 5.92 Å². The SMILES string of the molecule is N#C[C@@H]1C(=[NH2+])C(C#N)(C#N)[C@H](c2ccccc2Cl)[C@H]2CSCC=C12. The van der Waals surface area contributed by atoms with Gasteiger partial charge in [-0.15, -0.1) is 0 Å². The Morgan fingerprint density at radius 3 is 2.54 bits per heavy atom. The van der Waals surface area contributed by atoms with Crippen LogP contribution >= 0.6 is 23.4 Å². The van der Waals surface area contributed by atoms with Crippen molar-refractivity contribution in [2.75, 3.05) is 11.5 Å². The molecule has 118 valence electrons. The molecule has 6 heteroatoms. The van der Waals surface area contributed by atoms with Crippen LogP contribution in [0.15, 0.2) is 35.9 Å². The summed E-state index contributed by atoms with van der Waals surface area (Å²) in [5.41, 5.74) is 0.208. The molecule has 1 aliphatic carbocycles. The van der Waals surface area contributed by atoms with Crippen LogP contribution in [-0.2, 0) is 0 Å². The Hall–Kier alpha value is -2.26. The van der Waals surface area contributed by atoms with Gasteiger partial charge in [-0.3, -0.25) is 5.41 Å². The molecule has 2 N–H and O–H groups in total. The Balaban J connectivity index is 2.29. The number of halogens is 1. The highest BCUT2D eigenvalue weighted by Gasteiger charge is 2.60. The number of nitrogens with zero attached hydrogens (tertiary/aromatic N) is 3. The first kappa shape index (κ1) is 16.6. The Morgan fingerprint density at radius 2 is 1.92 bits per heavy atom. The average molecular weight is 354 g/mol. The number of nitrogens with two attached hydrogens (primary N) is 1. The maximum atomic E-state index is 9.89. The molecule has 4 nitrogen and oxygen atoms in total. The van der Waals surface area contributed by atoms with Gasteiger partial charge in [-0.05, 0) is 17.2 Å². The summed E-state index contributed by atoms with van der Waals surface area (Å²) in [6.45, 7) is 0. The monoisotopic (exact) mass is 353 g/mol. The summed E-state index contributed by atoms with van der Waals surface area (Å²) < 4.78 is 0. The molecule has 0 aromatic heterocycles. The van der Waals surface area contributed by atoms with E-state index < -0.39 is 17.3 Å². The van der Waals surface area contributed by atoms with E-state index in [1.165, 1.54) is 0 Å². The molecule has 24 heavy (non-hydrogen) atoms. The summed E-state index contributed by atoms with van der Waals surface area (Å²) >= 11 is 8.11. The highest BCUT2D eigenvalue weighted by molar-refractivity contribution is 7.99. The number of allylic oxidation sites excluding steroid dienone is 1. The van der Waals surface area contributed by atoms with Crippen LogP contribution in [0.1, 0.15) is 11.5 Å². The van der Waals surface area contributed by atoms with Gasteiger partial charge in [-0.1, -0.05) is 35.9 Å². The van der Waals surface area contributed by atoms with E-state index in [1.807, 2.05) is 24.3 Å². The second-order valence-electron chi connectivity index (χ2n) is 5.90. The average Bonchev–Trinajstić information content (AvgIpc) is 2.62. The van der Waals surface area contributed by atoms with Crippen LogP contribution in [0.4, 0.5) is 0 Å². The molecule has 0 unspecified atom stereocenters. The van der Waals surface area contributed by atoms with Crippen LogP contribution in [0.25, 0.3) is 0 Å². The van der Waals surface area contributed by atoms with Crippen molar-refractivity contribution in [3.63, 3.8) is 0 Å². The fourth-order valence-corrected chi connectivity index (χ4v) is 5.06. The molecular formula is C18H14ClN4S+. The summed E-state index contributed by atoms with van der Waals surface area (Å²) in [7, 11) is 0. The zero-order valence-corrected chi connectivity index (χ0v) is 14.3. The largest absolute Gasteiger partial charge is 0.258 e. The Bertz CT molecular complexity index is 841. The van der Waals surface area contributed by atoms with Gasteiger partial charge in [0.2, 0.25) is 11.1 Å². The number of thioether (sulfide) groups is 1. The standard InChI is InChI=1S/C18H13ClN4S/c19-15-4-2-1-3-12(15)16-14-8-24-6-5-11(14)13(7-20)17(23)18(16,9-21)10-22/h1-5,13-14,16,23H,6,8H2/p+1/t13-,14-,16+/m0/s1. The second kappa shape index (κ2) is 6.33. The van der Waals surface area contributed by atoms with Crippen molar-refractivity contribution in [1.82, 2.24) is 0 Å². The Morgan fingerprint density at radius 1 is 1.21 bits per heavy atom. The van der Waals surface area contributed by atoms with Crippen LogP contribution in [0.2, 0.25) is 5.02 Å². The third kappa shape index (κ3) is 2.23. The van der Waals surface area contributed by atoms with Crippen LogP contribution in [0, 0.1) is 51.2 Å². The number of nitriles is 3. The van der Waals surface area contributed by atoms with Crippen LogP contribution in [-0.4, -0.2) is 17.2 Å². The molecule has 2 aliphatic rings. The summed E-state index contributed by atoms with van der Waals surface area (Å²) in [6, 6.07) is 13.7. The van der Waals surface area contributed by atoms with Crippen LogP contribution < -0.4 is 5.41 Å². The Kier molecular flexibility index (Phi) is 4.37. The fourth-order valence-electron chi connectivity index (χ4n) is 3.72. The number of hydrogen-bond donors (Lipinski definition) is 1. The summed E-state index contributed by atoms with van der Waals surface area (Å²) in [6.07, 6.45) is 2.02. The third-order valence-electron chi connectivity index (χ3n) is 4.85. The maximum absolute atomic E-state index is 9.89. The molecule has 1 saturated carbocycles. The smallest absolute Gasteiger partial charge is 0.231 e. The molecule has 1 aliphatic heterocycles. The molecule has 1 aromatic carbocycles. The minimum Gasteiger partial charge on any atom is -0.258 e. The summed E-state index contributed by atoms with van der Waals surface area (Å²) in [5, 5.41) is 36.1. The second-order valence-corrected chi connectivity index (χ2v) is 7.38. The van der Waals surface area contributed by atoms with E-state index in [9.17, 15) is 15.8 Å². The maximum Gasteiger partial charge on any atom is 0.231 e. The molecule has 0 amide bonds. The van der Waals surface area contributed by atoms with E-state index in [-0.39, 0.29) is 11.6 Å². The van der Waals surface area contributed by atoms with E-state index in [1.54, 1.807) is 17.8 Å². The quantitative estimate of drug-likeness (QED) is 0.782. The van der Waals surface area contributed by atoms with E-state index >= 15 is 0 Å². The van der Waals surface area contributed by atoms with Crippen molar-refractivity contribution < 1.29 is 5.41 Å². The number of hydrogen-bond acceptors (Lipinski definition) is 4. The number of rotatable bonds is 1. The lowest BCUT2D eigenvalue weighted by Crippen LogP contribution is -2.61. The summed E-state index contributed by atoms with van der Waals surface area (Å²) in [4.78, 5) is 0. The number of fused-ring (bicyclic) bond motifs is 1. The van der Waals surface area contributed by atoms with Gasteiger partial charge < -0.3 is 0 Å². The molecular weight excluding hydrogens is 340 g/mol. The minimum absolute atomic E-state index is 0.111. The zero-order valence-electron chi connectivity index (χ0n) is 12.7.